The highest BCUT2D eigenvalue weighted by Gasteiger charge is 2.55. The van der Waals surface area contributed by atoms with Crippen LogP contribution >= 0.6 is 0 Å². The smallest absolute Gasteiger partial charge is 0.400 e. The molecule has 2 saturated heterocycles. The van der Waals surface area contributed by atoms with E-state index in [0.29, 0.717) is 0 Å². The number of hydrogen-bond acceptors (Lipinski definition) is 4. The zero-order chi connectivity index (χ0) is 24.3. The third-order valence-electron chi connectivity index (χ3n) is 9.20. The molecule has 2 atom stereocenters. The number of hydrogen-bond donors (Lipinski definition) is 0. The van der Waals surface area contributed by atoms with Gasteiger partial charge in [0.1, 0.15) is 0 Å². The van der Waals surface area contributed by atoms with E-state index in [4.69, 9.17) is 18.6 Å². The van der Waals surface area contributed by atoms with Crippen LogP contribution in [0.1, 0.15) is 78.0 Å². The molecule has 2 fully saturated rings. The minimum Gasteiger partial charge on any atom is -0.400 e. The highest BCUT2D eigenvalue weighted by Crippen LogP contribution is 2.51. The SMILES string of the molecule is CC1(C)OB(C2=CC=C3C=Cc4c(B5OC(C)(C)C(C)(C)O5)ccc5c4C3C2C=C5)OC1(C)C. The zero-order valence-corrected chi connectivity index (χ0v) is 21.6. The number of rotatable bonds is 2. The van der Waals surface area contributed by atoms with Crippen LogP contribution in [0.15, 0.2) is 47.5 Å². The van der Waals surface area contributed by atoms with E-state index >= 15 is 0 Å². The Balaban J connectivity index is 1.41. The second-order valence-corrected chi connectivity index (χ2v) is 12.3. The molecule has 1 aromatic rings. The van der Waals surface area contributed by atoms with Gasteiger partial charge in [-0.1, -0.05) is 48.6 Å². The molecule has 0 radical (unpaired) electrons. The Morgan fingerprint density at radius 2 is 1.26 bits per heavy atom. The molecular formula is C28H34B2O4. The molecule has 0 saturated carbocycles. The van der Waals surface area contributed by atoms with Gasteiger partial charge in [0.2, 0.25) is 0 Å². The fourth-order valence-corrected chi connectivity index (χ4v) is 5.66. The predicted molar refractivity (Wildman–Crippen MR) is 139 cm³/mol. The lowest BCUT2D eigenvalue weighted by Crippen LogP contribution is -2.41. The first kappa shape index (κ1) is 22.6. The van der Waals surface area contributed by atoms with Gasteiger partial charge >= 0.3 is 14.2 Å². The maximum absolute atomic E-state index is 6.46. The Morgan fingerprint density at radius 1 is 0.676 bits per heavy atom. The monoisotopic (exact) mass is 456 g/mol. The lowest BCUT2D eigenvalue weighted by molar-refractivity contribution is 0.00578. The maximum atomic E-state index is 6.46. The van der Waals surface area contributed by atoms with Gasteiger partial charge in [-0.25, -0.2) is 0 Å². The summed E-state index contributed by atoms with van der Waals surface area (Å²) >= 11 is 0. The molecule has 4 nitrogen and oxygen atoms in total. The molecule has 0 amide bonds. The van der Waals surface area contributed by atoms with Crippen LogP contribution in [0.25, 0.3) is 12.2 Å². The van der Waals surface area contributed by atoms with Crippen molar-refractivity contribution in [1.82, 2.24) is 0 Å². The van der Waals surface area contributed by atoms with E-state index in [-0.39, 0.29) is 48.5 Å². The van der Waals surface area contributed by atoms with E-state index in [1.54, 1.807) is 0 Å². The topological polar surface area (TPSA) is 36.9 Å². The molecule has 176 valence electrons. The van der Waals surface area contributed by atoms with Crippen LogP contribution in [0, 0.1) is 5.92 Å². The van der Waals surface area contributed by atoms with Crippen LogP contribution in [0.2, 0.25) is 0 Å². The summed E-state index contributed by atoms with van der Waals surface area (Å²) in [5.41, 5.74) is 6.01. The van der Waals surface area contributed by atoms with Crippen LogP contribution in [0.4, 0.5) is 0 Å². The van der Waals surface area contributed by atoms with Gasteiger partial charge in [-0.15, -0.1) is 0 Å². The van der Waals surface area contributed by atoms with Crippen LogP contribution in [0.5, 0.6) is 0 Å². The van der Waals surface area contributed by atoms with Crippen molar-refractivity contribution in [2.75, 3.05) is 0 Å². The Hall–Kier alpha value is -1.85. The van der Waals surface area contributed by atoms with E-state index < -0.39 is 0 Å². The number of allylic oxidation sites excluding steroid dienone is 6. The Kier molecular flexibility index (Phi) is 4.57. The first-order valence-corrected chi connectivity index (χ1v) is 12.5. The van der Waals surface area contributed by atoms with E-state index in [0.717, 1.165) is 5.46 Å². The predicted octanol–water partition coefficient (Wildman–Crippen LogP) is 5.24. The van der Waals surface area contributed by atoms with Gasteiger partial charge in [0.05, 0.1) is 22.4 Å². The molecule has 1 aromatic carbocycles. The molecule has 0 aromatic heterocycles. The van der Waals surface area contributed by atoms with Gasteiger partial charge in [0.15, 0.2) is 0 Å². The van der Waals surface area contributed by atoms with Crippen LogP contribution in [-0.2, 0) is 18.6 Å². The van der Waals surface area contributed by atoms with Gasteiger partial charge in [-0.3, -0.25) is 0 Å². The van der Waals surface area contributed by atoms with E-state index in [2.05, 4.69) is 104 Å². The summed E-state index contributed by atoms with van der Waals surface area (Å²) in [6.45, 7) is 16.9. The van der Waals surface area contributed by atoms with Crippen LogP contribution in [0.3, 0.4) is 0 Å². The molecular weight excluding hydrogens is 422 g/mol. The Morgan fingerprint density at radius 3 is 1.88 bits per heavy atom. The fourth-order valence-electron chi connectivity index (χ4n) is 5.66. The maximum Gasteiger partial charge on any atom is 0.495 e. The van der Waals surface area contributed by atoms with Crippen molar-refractivity contribution in [3.05, 3.63) is 64.2 Å². The van der Waals surface area contributed by atoms with Gasteiger partial charge in [0.25, 0.3) is 0 Å². The van der Waals surface area contributed by atoms with Crippen molar-refractivity contribution in [3.63, 3.8) is 0 Å². The highest BCUT2D eigenvalue weighted by molar-refractivity contribution is 6.63. The normalized spacial score (nSPS) is 30.8. The van der Waals surface area contributed by atoms with E-state index in [9.17, 15) is 0 Å². The first-order valence-electron chi connectivity index (χ1n) is 12.5. The molecule has 0 bridgehead atoms. The second kappa shape index (κ2) is 6.88. The lowest BCUT2D eigenvalue weighted by atomic mass is 9.57. The highest BCUT2D eigenvalue weighted by atomic mass is 16.7. The molecule has 2 aliphatic heterocycles. The van der Waals surface area contributed by atoms with Gasteiger partial charge in [0, 0.05) is 11.8 Å². The van der Waals surface area contributed by atoms with Crippen molar-refractivity contribution in [3.8, 4) is 0 Å². The van der Waals surface area contributed by atoms with E-state index in [1.807, 2.05) is 0 Å². The summed E-state index contributed by atoms with van der Waals surface area (Å²) in [7, 11) is -0.730. The molecule has 0 N–H and O–H groups in total. The summed E-state index contributed by atoms with van der Waals surface area (Å²) in [6.07, 6.45) is 13.5. The number of benzene rings is 1. The molecule has 2 unspecified atom stereocenters. The molecule has 6 heteroatoms. The molecule has 6 rings (SSSR count). The van der Waals surface area contributed by atoms with Gasteiger partial charge < -0.3 is 18.6 Å². The fraction of sp³-hybridized carbons (Fsp3) is 0.500. The molecule has 3 aliphatic carbocycles. The summed E-state index contributed by atoms with van der Waals surface area (Å²) < 4.78 is 25.8. The van der Waals surface area contributed by atoms with Crippen molar-refractivity contribution in [2.24, 2.45) is 5.92 Å². The minimum absolute atomic E-state index is 0.194. The average molecular weight is 456 g/mol. The standard InChI is InChI=1S/C28H34B2O4/c1-25(2)26(3,4)32-29(31-25)21-15-11-17-10-14-20-22(30-33-27(5,6)28(7,8)34-30)16-12-18-9-13-19(21)23(17)24(18)20/h9-16,19,23H,1-8H3. The van der Waals surface area contributed by atoms with E-state index in [1.165, 1.54) is 27.7 Å². The molecule has 0 spiro atoms. The third kappa shape index (κ3) is 3.02. The quantitative estimate of drug-likeness (QED) is 0.571. The lowest BCUT2D eigenvalue weighted by Gasteiger charge is -2.39. The third-order valence-corrected chi connectivity index (χ3v) is 9.20. The van der Waals surface area contributed by atoms with Crippen LogP contribution < -0.4 is 5.46 Å². The van der Waals surface area contributed by atoms with Crippen molar-refractivity contribution in [1.29, 1.82) is 0 Å². The van der Waals surface area contributed by atoms with Gasteiger partial charge in [-0.05, 0) is 88.6 Å². The molecule has 5 aliphatic rings. The first-order chi connectivity index (χ1) is 15.8. The van der Waals surface area contributed by atoms with Crippen molar-refractivity contribution in [2.45, 2.75) is 83.7 Å². The Bertz CT molecular complexity index is 1170. The largest absolute Gasteiger partial charge is 0.495 e. The van der Waals surface area contributed by atoms with Gasteiger partial charge in [-0.2, -0.15) is 0 Å². The summed E-state index contributed by atoms with van der Waals surface area (Å²) in [5, 5.41) is 0. The van der Waals surface area contributed by atoms with Crippen molar-refractivity contribution < 1.29 is 18.6 Å². The second-order valence-electron chi connectivity index (χ2n) is 12.3. The minimum atomic E-state index is -0.383. The average Bonchev–Trinajstić information content (AvgIpc) is 3.10. The Labute approximate surface area is 204 Å². The zero-order valence-electron chi connectivity index (χ0n) is 21.6. The summed E-state index contributed by atoms with van der Waals surface area (Å²) in [6, 6.07) is 4.39. The summed E-state index contributed by atoms with van der Waals surface area (Å²) in [5.74, 6) is 0.431. The van der Waals surface area contributed by atoms with Crippen LogP contribution in [-0.4, -0.2) is 36.6 Å². The summed E-state index contributed by atoms with van der Waals surface area (Å²) in [4.78, 5) is 0. The van der Waals surface area contributed by atoms with Crippen molar-refractivity contribution >= 4 is 31.9 Å². The molecule has 2 heterocycles. The molecule has 34 heavy (non-hydrogen) atoms.